The lowest BCUT2D eigenvalue weighted by Crippen LogP contribution is -2.29. The summed E-state index contributed by atoms with van der Waals surface area (Å²) in [4.78, 5) is 0. The topological polar surface area (TPSA) is 0 Å². The van der Waals surface area contributed by atoms with Gasteiger partial charge >= 0.3 is 0 Å². The highest BCUT2D eigenvalue weighted by atomic mass is 32.2. The van der Waals surface area contributed by atoms with E-state index in [9.17, 15) is 0 Å². The van der Waals surface area contributed by atoms with Crippen molar-refractivity contribution in [2.24, 2.45) is 5.92 Å². The smallest absolute Gasteiger partial charge is 0.00806 e. The average molecular weight is 144 g/mol. The lowest BCUT2D eigenvalue weighted by Gasteiger charge is -2.35. The second-order valence-corrected chi connectivity index (χ2v) is 4.10. The minimum Gasteiger partial charge on any atom is -0.158 e. The monoisotopic (exact) mass is 144 g/mol. The molecule has 1 fully saturated rings. The van der Waals surface area contributed by atoms with Crippen LogP contribution in [0.2, 0.25) is 0 Å². The Bertz CT molecular complexity index is 78.6. The first-order valence-electron chi connectivity index (χ1n) is 4.00. The van der Waals surface area contributed by atoms with Crippen molar-refractivity contribution < 1.29 is 0 Å². The quantitative estimate of drug-likeness (QED) is 0.587. The molecule has 0 spiro atoms. The molecule has 0 aliphatic carbocycles. The zero-order chi connectivity index (χ0) is 6.69. The Kier molecular flexibility index (Phi) is 2.90. The maximum absolute atomic E-state index is 2.31. The summed E-state index contributed by atoms with van der Waals surface area (Å²) in [6, 6.07) is 0. The molecule has 1 rings (SSSR count). The fraction of sp³-hybridized carbons (Fsp3) is 1.00. The summed E-state index contributed by atoms with van der Waals surface area (Å²) in [5.74, 6) is 2.51. The molecule has 0 N–H and O–H groups in total. The molecule has 1 aliphatic heterocycles. The zero-order valence-corrected chi connectivity index (χ0v) is 7.21. The molecule has 1 heterocycles. The molecule has 54 valence electrons. The van der Waals surface area contributed by atoms with Crippen molar-refractivity contribution in [3.63, 3.8) is 0 Å². The van der Waals surface area contributed by atoms with Crippen LogP contribution in [0.5, 0.6) is 0 Å². The van der Waals surface area contributed by atoms with E-state index in [1.54, 1.807) is 0 Å². The molecule has 0 nitrogen and oxygen atoms in total. The van der Waals surface area contributed by atoms with Gasteiger partial charge in [-0.05, 0) is 24.5 Å². The maximum Gasteiger partial charge on any atom is 0.00806 e. The summed E-state index contributed by atoms with van der Waals surface area (Å²) < 4.78 is 0. The van der Waals surface area contributed by atoms with Crippen LogP contribution >= 0.6 is 11.8 Å². The molecule has 0 radical (unpaired) electrons. The predicted octanol–water partition coefficient (Wildman–Crippen LogP) is 2.93. The third-order valence-corrected chi connectivity index (χ3v) is 3.88. The Morgan fingerprint density at radius 2 is 2.22 bits per heavy atom. The molecule has 2 unspecified atom stereocenters. The summed E-state index contributed by atoms with van der Waals surface area (Å²) in [7, 11) is 0. The van der Waals surface area contributed by atoms with Crippen molar-refractivity contribution in [2.45, 2.75) is 38.4 Å². The predicted molar refractivity (Wildman–Crippen MR) is 44.9 cm³/mol. The highest BCUT2D eigenvalue weighted by Gasteiger charge is 2.28. The fourth-order valence-corrected chi connectivity index (χ4v) is 2.73. The third kappa shape index (κ3) is 1.64. The van der Waals surface area contributed by atoms with E-state index in [0.29, 0.717) is 0 Å². The number of hydrogen-bond acceptors (Lipinski definition) is 1. The molecule has 1 heteroatoms. The summed E-state index contributed by atoms with van der Waals surface area (Å²) in [6.45, 7) is 4.59. The second kappa shape index (κ2) is 3.50. The Morgan fingerprint density at radius 1 is 1.44 bits per heavy atom. The molecule has 0 saturated carbocycles. The molecule has 1 saturated heterocycles. The molecule has 1 aliphatic rings. The number of hydrogen-bond donors (Lipinski definition) is 0. The summed E-state index contributed by atoms with van der Waals surface area (Å²) >= 11 is 2.15. The SMILES string of the molecule is CCCC1CSC1CC. The lowest BCUT2D eigenvalue weighted by atomic mass is 9.99. The van der Waals surface area contributed by atoms with Crippen molar-refractivity contribution in [1.29, 1.82) is 0 Å². The van der Waals surface area contributed by atoms with Crippen molar-refractivity contribution in [1.82, 2.24) is 0 Å². The highest BCUT2D eigenvalue weighted by molar-refractivity contribution is 8.01. The minimum absolute atomic E-state index is 1.02. The fourth-order valence-electron chi connectivity index (χ4n) is 1.46. The van der Waals surface area contributed by atoms with E-state index in [-0.39, 0.29) is 0 Å². The van der Waals surface area contributed by atoms with Gasteiger partial charge in [0.1, 0.15) is 0 Å². The summed E-state index contributed by atoms with van der Waals surface area (Å²) in [5, 5.41) is 1.02. The van der Waals surface area contributed by atoms with Crippen molar-refractivity contribution in [3.05, 3.63) is 0 Å². The van der Waals surface area contributed by atoms with Gasteiger partial charge in [-0.25, -0.2) is 0 Å². The van der Waals surface area contributed by atoms with Crippen LogP contribution in [0.4, 0.5) is 0 Å². The first-order valence-corrected chi connectivity index (χ1v) is 5.05. The van der Waals surface area contributed by atoms with Gasteiger partial charge in [0.15, 0.2) is 0 Å². The first kappa shape index (κ1) is 7.46. The van der Waals surface area contributed by atoms with Crippen molar-refractivity contribution >= 4 is 11.8 Å². The van der Waals surface area contributed by atoms with E-state index in [2.05, 4.69) is 25.6 Å². The van der Waals surface area contributed by atoms with E-state index in [0.717, 1.165) is 11.2 Å². The van der Waals surface area contributed by atoms with Crippen LogP contribution in [-0.2, 0) is 0 Å². The van der Waals surface area contributed by atoms with Crippen molar-refractivity contribution in [2.75, 3.05) is 5.75 Å². The van der Waals surface area contributed by atoms with Gasteiger partial charge in [0.05, 0.1) is 0 Å². The Labute approximate surface area is 62.4 Å². The lowest BCUT2D eigenvalue weighted by molar-refractivity contribution is 0.470. The van der Waals surface area contributed by atoms with Crippen LogP contribution in [0.3, 0.4) is 0 Å². The van der Waals surface area contributed by atoms with E-state index >= 15 is 0 Å². The Balaban J connectivity index is 2.11. The van der Waals surface area contributed by atoms with E-state index < -0.39 is 0 Å². The molecular formula is C8H16S. The highest BCUT2D eigenvalue weighted by Crippen LogP contribution is 2.39. The number of thioether (sulfide) groups is 1. The Hall–Kier alpha value is 0.350. The van der Waals surface area contributed by atoms with Crippen LogP contribution in [0, 0.1) is 5.92 Å². The van der Waals surface area contributed by atoms with Crippen molar-refractivity contribution in [3.8, 4) is 0 Å². The molecule has 0 aromatic heterocycles. The maximum atomic E-state index is 2.31. The molecule has 0 bridgehead atoms. The van der Waals surface area contributed by atoms with Gasteiger partial charge in [0.25, 0.3) is 0 Å². The largest absolute Gasteiger partial charge is 0.158 e. The van der Waals surface area contributed by atoms with Gasteiger partial charge < -0.3 is 0 Å². The van der Waals surface area contributed by atoms with Crippen LogP contribution < -0.4 is 0 Å². The Morgan fingerprint density at radius 3 is 2.56 bits per heavy atom. The summed E-state index contributed by atoms with van der Waals surface area (Å²) in [6.07, 6.45) is 4.22. The van der Waals surface area contributed by atoms with Gasteiger partial charge in [-0.15, -0.1) is 0 Å². The van der Waals surface area contributed by atoms with E-state index in [4.69, 9.17) is 0 Å². The van der Waals surface area contributed by atoms with Gasteiger partial charge in [0, 0.05) is 5.25 Å². The third-order valence-electron chi connectivity index (χ3n) is 2.11. The van der Waals surface area contributed by atoms with Crippen LogP contribution in [-0.4, -0.2) is 11.0 Å². The minimum atomic E-state index is 1.02. The standard InChI is InChI=1S/C8H16S/c1-3-5-7-6-9-8(7)4-2/h7-8H,3-6H2,1-2H3. The van der Waals surface area contributed by atoms with E-state index in [1.807, 2.05) is 0 Å². The first-order chi connectivity index (χ1) is 4.38. The van der Waals surface area contributed by atoms with Gasteiger partial charge in [-0.3, -0.25) is 0 Å². The van der Waals surface area contributed by atoms with Gasteiger partial charge in [-0.2, -0.15) is 11.8 Å². The number of rotatable bonds is 3. The van der Waals surface area contributed by atoms with Gasteiger partial charge in [0.2, 0.25) is 0 Å². The van der Waals surface area contributed by atoms with Gasteiger partial charge in [-0.1, -0.05) is 20.3 Å². The molecule has 2 atom stereocenters. The molecule has 0 aromatic carbocycles. The van der Waals surface area contributed by atoms with Crippen LogP contribution in [0.25, 0.3) is 0 Å². The normalized spacial score (nSPS) is 34.0. The average Bonchev–Trinajstić information content (AvgIpc) is 1.82. The molecule has 0 amide bonds. The zero-order valence-electron chi connectivity index (χ0n) is 6.39. The molecule has 9 heavy (non-hydrogen) atoms. The molecule has 0 aromatic rings. The van der Waals surface area contributed by atoms with Crippen LogP contribution in [0.1, 0.15) is 33.1 Å². The second-order valence-electron chi connectivity index (χ2n) is 2.83. The van der Waals surface area contributed by atoms with E-state index in [1.165, 1.54) is 25.0 Å². The summed E-state index contributed by atoms with van der Waals surface area (Å²) in [5.41, 5.74) is 0. The molecular weight excluding hydrogens is 128 g/mol. The van der Waals surface area contributed by atoms with Crippen LogP contribution in [0.15, 0.2) is 0 Å².